The van der Waals surface area contributed by atoms with Crippen molar-refractivity contribution < 1.29 is 19.5 Å². The fourth-order valence-corrected chi connectivity index (χ4v) is 1.78. The first-order chi connectivity index (χ1) is 11.5. The highest BCUT2D eigenvalue weighted by Crippen LogP contribution is 2.05. The Bertz CT molecular complexity index is 565. The van der Waals surface area contributed by atoms with Crippen molar-refractivity contribution in [3.8, 4) is 0 Å². The number of carboxylic acids is 1. The highest BCUT2D eigenvalue weighted by atomic mass is 16.4. The highest BCUT2D eigenvalue weighted by Gasteiger charge is 2.05. The number of aliphatic carboxylic acids is 1. The van der Waals surface area contributed by atoms with Crippen LogP contribution in [-0.4, -0.2) is 41.1 Å². The van der Waals surface area contributed by atoms with Crippen molar-refractivity contribution in [1.82, 2.24) is 21.2 Å². The minimum Gasteiger partial charge on any atom is -0.481 e. The molecular formula is C15H23N5O4. The van der Waals surface area contributed by atoms with Gasteiger partial charge in [0, 0.05) is 25.7 Å². The summed E-state index contributed by atoms with van der Waals surface area (Å²) in [6.45, 7) is 2.69. The predicted octanol–water partition coefficient (Wildman–Crippen LogP) is 0.777. The molecule has 0 aliphatic heterocycles. The van der Waals surface area contributed by atoms with Crippen LogP contribution in [0.15, 0.2) is 18.3 Å². The molecule has 0 spiro atoms. The minimum atomic E-state index is -1.01. The smallest absolute Gasteiger partial charge is 0.333 e. The van der Waals surface area contributed by atoms with Crippen LogP contribution in [0.25, 0.3) is 0 Å². The third-order valence-electron chi connectivity index (χ3n) is 2.99. The van der Waals surface area contributed by atoms with Gasteiger partial charge in [-0.25, -0.2) is 15.2 Å². The summed E-state index contributed by atoms with van der Waals surface area (Å²) in [4.78, 5) is 37.2. The molecule has 9 nitrogen and oxygen atoms in total. The van der Waals surface area contributed by atoms with E-state index in [2.05, 4.69) is 26.5 Å². The van der Waals surface area contributed by atoms with Gasteiger partial charge in [0.2, 0.25) is 5.91 Å². The van der Waals surface area contributed by atoms with Crippen molar-refractivity contribution in [3.05, 3.63) is 23.9 Å². The molecule has 1 rings (SSSR count). The molecule has 9 heteroatoms. The Balaban J connectivity index is 2.03. The SMILES string of the molecule is Cc1ccnc(NCCCCC(=O)NNC(=O)NCCC(=O)O)c1. The summed E-state index contributed by atoms with van der Waals surface area (Å²) in [7, 11) is 0. The number of hydrogen-bond donors (Lipinski definition) is 5. The maximum Gasteiger partial charge on any atom is 0.333 e. The average molecular weight is 337 g/mol. The van der Waals surface area contributed by atoms with Crippen LogP contribution in [0.3, 0.4) is 0 Å². The van der Waals surface area contributed by atoms with Gasteiger partial charge in [-0.2, -0.15) is 0 Å². The molecule has 24 heavy (non-hydrogen) atoms. The van der Waals surface area contributed by atoms with Gasteiger partial charge in [0.25, 0.3) is 0 Å². The third-order valence-corrected chi connectivity index (χ3v) is 2.99. The Morgan fingerprint density at radius 1 is 1.12 bits per heavy atom. The Kier molecular flexibility index (Phi) is 8.65. The van der Waals surface area contributed by atoms with Crippen molar-refractivity contribution in [2.75, 3.05) is 18.4 Å². The van der Waals surface area contributed by atoms with E-state index in [4.69, 9.17) is 5.11 Å². The van der Waals surface area contributed by atoms with Gasteiger partial charge in [0.15, 0.2) is 0 Å². The number of rotatable bonds is 9. The van der Waals surface area contributed by atoms with Gasteiger partial charge in [-0.1, -0.05) is 0 Å². The highest BCUT2D eigenvalue weighted by molar-refractivity contribution is 5.81. The van der Waals surface area contributed by atoms with Gasteiger partial charge in [-0.15, -0.1) is 0 Å². The lowest BCUT2D eigenvalue weighted by Gasteiger charge is -2.08. The van der Waals surface area contributed by atoms with E-state index in [0.29, 0.717) is 13.0 Å². The second-order valence-corrected chi connectivity index (χ2v) is 5.18. The lowest BCUT2D eigenvalue weighted by molar-refractivity contribution is -0.136. The number of amides is 3. The van der Waals surface area contributed by atoms with Crippen LogP contribution in [0.4, 0.5) is 10.6 Å². The van der Waals surface area contributed by atoms with E-state index in [9.17, 15) is 14.4 Å². The molecule has 0 atom stereocenters. The summed E-state index contributed by atoms with van der Waals surface area (Å²) < 4.78 is 0. The van der Waals surface area contributed by atoms with Gasteiger partial charge in [-0.3, -0.25) is 15.0 Å². The molecule has 0 radical (unpaired) electrons. The Morgan fingerprint density at radius 2 is 1.92 bits per heavy atom. The van der Waals surface area contributed by atoms with Gasteiger partial charge in [-0.05, 0) is 37.5 Å². The lowest BCUT2D eigenvalue weighted by atomic mass is 10.2. The summed E-state index contributed by atoms with van der Waals surface area (Å²) in [5.41, 5.74) is 5.54. The summed E-state index contributed by atoms with van der Waals surface area (Å²) in [5.74, 6) is -0.509. The van der Waals surface area contributed by atoms with Crippen molar-refractivity contribution in [1.29, 1.82) is 0 Å². The van der Waals surface area contributed by atoms with Crippen LogP contribution in [0.2, 0.25) is 0 Å². The van der Waals surface area contributed by atoms with E-state index in [0.717, 1.165) is 17.8 Å². The summed E-state index contributed by atoms with van der Waals surface area (Å²) in [6, 6.07) is 3.22. The number of pyridine rings is 1. The van der Waals surface area contributed by atoms with Gasteiger partial charge >= 0.3 is 12.0 Å². The first kappa shape index (κ1) is 19.2. The molecule has 5 N–H and O–H groups in total. The molecule has 1 aromatic heterocycles. The Labute approximate surface area is 140 Å². The normalized spacial score (nSPS) is 9.88. The fraction of sp³-hybridized carbons (Fsp3) is 0.467. The van der Waals surface area contributed by atoms with Gasteiger partial charge in [0.05, 0.1) is 6.42 Å². The fourth-order valence-electron chi connectivity index (χ4n) is 1.78. The van der Waals surface area contributed by atoms with Crippen molar-refractivity contribution in [2.24, 2.45) is 0 Å². The van der Waals surface area contributed by atoms with Crippen molar-refractivity contribution >= 4 is 23.7 Å². The molecule has 0 aromatic carbocycles. The standard InChI is InChI=1S/C15H23N5O4/c1-11-5-8-17-12(10-11)16-7-3-2-4-13(21)19-20-15(24)18-9-6-14(22)23/h5,8,10H,2-4,6-7,9H2,1H3,(H,16,17)(H,19,21)(H,22,23)(H2,18,20,24). The first-order valence-corrected chi connectivity index (χ1v) is 7.68. The largest absolute Gasteiger partial charge is 0.481 e. The Morgan fingerprint density at radius 3 is 2.62 bits per heavy atom. The number of urea groups is 1. The van der Waals surface area contributed by atoms with Crippen LogP contribution in [0, 0.1) is 6.92 Å². The number of carboxylic acid groups (broad SMARTS) is 1. The van der Waals surface area contributed by atoms with E-state index in [1.54, 1.807) is 6.20 Å². The van der Waals surface area contributed by atoms with E-state index < -0.39 is 12.0 Å². The number of carbonyl (C=O) groups excluding carboxylic acids is 2. The second-order valence-electron chi connectivity index (χ2n) is 5.18. The lowest BCUT2D eigenvalue weighted by Crippen LogP contribution is -2.47. The second kappa shape index (κ2) is 10.8. The van der Waals surface area contributed by atoms with E-state index in [-0.39, 0.29) is 25.3 Å². The molecule has 0 saturated carbocycles. The third kappa shape index (κ3) is 9.23. The molecular weight excluding hydrogens is 314 g/mol. The van der Waals surface area contributed by atoms with Crippen LogP contribution in [0.1, 0.15) is 31.2 Å². The number of nitrogens with zero attached hydrogens (tertiary/aromatic N) is 1. The maximum absolute atomic E-state index is 11.5. The number of carbonyl (C=O) groups is 3. The number of anilines is 1. The molecule has 0 bridgehead atoms. The number of hydrazine groups is 1. The van der Waals surface area contributed by atoms with Gasteiger partial charge in [0.1, 0.15) is 5.82 Å². The number of hydrogen-bond acceptors (Lipinski definition) is 5. The summed E-state index contributed by atoms with van der Waals surface area (Å²) in [6.07, 6.45) is 3.28. The van der Waals surface area contributed by atoms with Crippen LogP contribution < -0.4 is 21.5 Å². The first-order valence-electron chi connectivity index (χ1n) is 7.68. The van der Waals surface area contributed by atoms with E-state index in [1.165, 1.54) is 0 Å². The summed E-state index contributed by atoms with van der Waals surface area (Å²) in [5, 5.41) is 13.9. The molecule has 0 aliphatic rings. The minimum absolute atomic E-state index is 0.00426. The zero-order valence-electron chi connectivity index (χ0n) is 13.6. The average Bonchev–Trinajstić information content (AvgIpc) is 2.52. The number of unbranched alkanes of at least 4 members (excludes halogenated alkanes) is 1. The molecule has 0 unspecified atom stereocenters. The van der Waals surface area contributed by atoms with E-state index in [1.807, 2.05) is 19.1 Å². The summed E-state index contributed by atoms with van der Waals surface area (Å²) >= 11 is 0. The number of nitrogens with one attached hydrogen (secondary N) is 4. The molecule has 3 amide bonds. The Hall–Kier alpha value is -2.84. The molecule has 0 saturated heterocycles. The quantitative estimate of drug-likeness (QED) is 0.334. The zero-order valence-corrected chi connectivity index (χ0v) is 13.6. The van der Waals surface area contributed by atoms with Gasteiger partial charge < -0.3 is 15.7 Å². The molecule has 1 aromatic rings. The predicted molar refractivity (Wildman–Crippen MR) is 88.2 cm³/mol. The molecule has 0 fully saturated rings. The van der Waals surface area contributed by atoms with Crippen LogP contribution >= 0.6 is 0 Å². The molecule has 0 aliphatic carbocycles. The van der Waals surface area contributed by atoms with Crippen molar-refractivity contribution in [2.45, 2.75) is 32.6 Å². The van der Waals surface area contributed by atoms with Crippen LogP contribution in [0.5, 0.6) is 0 Å². The zero-order chi connectivity index (χ0) is 17.8. The monoisotopic (exact) mass is 337 g/mol. The molecule has 1 heterocycles. The van der Waals surface area contributed by atoms with E-state index >= 15 is 0 Å². The van der Waals surface area contributed by atoms with Crippen LogP contribution in [-0.2, 0) is 9.59 Å². The van der Waals surface area contributed by atoms with Crippen molar-refractivity contribution in [3.63, 3.8) is 0 Å². The number of aromatic nitrogens is 1. The molecule has 132 valence electrons. The topological polar surface area (TPSA) is 132 Å². The number of aryl methyl sites for hydroxylation is 1. The maximum atomic E-state index is 11.5.